The third-order valence-corrected chi connectivity index (χ3v) is 5.94. The number of ether oxygens (including phenoxy) is 2. The van der Waals surface area contributed by atoms with Crippen LogP contribution in [0.5, 0.6) is 11.5 Å². The van der Waals surface area contributed by atoms with Crippen LogP contribution in [0.2, 0.25) is 0 Å². The van der Waals surface area contributed by atoms with E-state index in [-0.39, 0.29) is 12.3 Å². The SMILES string of the molecule is COc1ccc(OC)c(CCCC(=O)N[C@@H](Cc2ccccc2)[C@@H](O)C(=O)NCc2ccccc2)c1. The molecule has 0 bridgehead atoms. The average molecular weight is 491 g/mol. The zero-order chi connectivity index (χ0) is 25.8. The topological polar surface area (TPSA) is 96.9 Å². The monoisotopic (exact) mass is 490 g/mol. The molecule has 0 radical (unpaired) electrons. The number of carbonyl (C=O) groups excluding carboxylic acids is 2. The fourth-order valence-electron chi connectivity index (χ4n) is 3.98. The highest BCUT2D eigenvalue weighted by molar-refractivity contribution is 5.83. The summed E-state index contributed by atoms with van der Waals surface area (Å²) in [6, 6.07) is 23.7. The predicted molar refractivity (Wildman–Crippen MR) is 139 cm³/mol. The molecule has 0 fully saturated rings. The van der Waals surface area contributed by atoms with Crippen molar-refractivity contribution in [3.05, 3.63) is 95.6 Å². The lowest BCUT2D eigenvalue weighted by Gasteiger charge is -2.24. The second-order valence-corrected chi connectivity index (χ2v) is 8.54. The van der Waals surface area contributed by atoms with Crippen LogP contribution in [-0.2, 0) is 29.0 Å². The van der Waals surface area contributed by atoms with Crippen LogP contribution in [0, 0.1) is 0 Å². The van der Waals surface area contributed by atoms with Gasteiger partial charge < -0.3 is 25.2 Å². The lowest BCUT2D eigenvalue weighted by molar-refractivity contribution is -0.132. The van der Waals surface area contributed by atoms with E-state index in [9.17, 15) is 14.7 Å². The normalized spacial score (nSPS) is 12.3. The molecule has 0 aliphatic carbocycles. The smallest absolute Gasteiger partial charge is 0.251 e. The second-order valence-electron chi connectivity index (χ2n) is 8.54. The number of aryl methyl sites for hydroxylation is 1. The van der Waals surface area contributed by atoms with Gasteiger partial charge in [0.25, 0.3) is 5.91 Å². The van der Waals surface area contributed by atoms with Gasteiger partial charge in [0.1, 0.15) is 11.5 Å². The van der Waals surface area contributed by atoms with Gasteiger partial charge in [-0.05, 0) is 54.2 Å². The molecule has 7 heteroatoms. The Hall–Kier alpha value is -3.84. The molecule has 0 aliphatic rings. The molecule has 0 heterocycles. The van der Waals surface area contributed by atoms with Crippen LogP contribution in [0.15, 0.2) is 78.9 Å². The van der Waals surface area contributed by atoms with Crippen molar-refractivity contribution in [2.24, 2.45) is 0 Å². The first-order valence-corrected chi connectivity index (χ1v) is 12.0. The quantitative estimate of drug-likeness (QED) is 0.341. The summed E-state index contributed by atoms with van der Waals surface area (Å²) in [7, 11) is 3.21. The lowest BCUT2D eigenvalue weighted by atomic mass is 10.00. The van der Waals surface area contributed by atoms with Gasteiger partial charge in [-0.1, -0.05) is 60.7 Å². The van der Waals surface area contributed by atoms with E-state index in [1.165, 1.54) is 0 Å². The van der Waals surface area contributed by atoms with E-state index >= 15 is 0 Å². The summed E-state index contributed by atoms with van der Waals surface area (Å²) in [6.45, 7) is 0.297. The van der Waals surface area contributed by atoms with Gasteiger partial charge in [0.05, 0.1) is 20.3 Å². The summed E-state index contributed by atoms with van der Waals surface area (Å²) in [5, 5.41) is 16.5. The Morgan fingerprint density at radius 3 is 2.19 bits per heavy atom. The maximum atomic E-state index is 12.8. The summed E-state index contributed by atoms with van der Waals surface area (Å²) in [5.74, 6) is 0.709. The van der Waals surface area contributed by atoms with Crippen molar-refractivity contribution < 1.29 is 24.2 Å². The predicted octanol–water partition coefficient (Wildman–Crippen LogP) is 3.43. The van der Waals surface area contributed by atoms with E-state index in [1.807, 2.05) is 78.9 Å². The first kappa shape index (κ1) is 26.8. The third-order valence-electron chi connectivity index (χ3n) is 5.94. The number of hydrogen-bond donors (Lipinski definition) is 3. The summed E-state index contributed by atoms with van der Waals surface area (Å²) < 4.78 is 10.7. The maximum Gasteiger partial charge on any atom is 0.251 e. The summed E-state index contributed by atoms with van der Waals surface area (Å²) in [5.41, 5.74) is 2.79. The highest BCUT2D eigenvalue weighted by Gasteiger charge is 2.27. The first-order chi connectivity index (χ1) is 17.5. The molecule has 3 aromatic rings. The molecule has 0 aromatic heterocycles. The van der Waals surface area contributed by atoms with Crippen LogP contribution in [0.25, 0.3) is 0 Å². The fourth-order valence-corrected chi connectivity index (χ4v) is 3.98. The van der Waals surface area contributed by atoms with Gasteiger partial charge in [0, 0.05) is 13.0 Å². The van der Waals surface area contributed by atoms with Crippen molar-refractivity contribution in [2.45, 2.75) is 44.4 Å². The van der Waals surface area contributed by atoms with E-state index in [2.05, 4.69) is 10.6 Å². The number of nitrogens with one attached hydrogen (secondary N) is 2. The molecule has 36 heavy (non-hydrogen) atoms. The van der Waals surface area contributed by atoms with Crippen molar-refractivity contribution in [1.29, 1.82) is 0 Å². The van der Waals surface area contributed by atoms with Crippen LogP contribution < -0.4 is 20.1 Å². The first-order valence-electron chi connectivity index (χ1n) is 12.0. The van der Waals surface area contributed by atoms with Gasteiger partial charge >= 0.3 is 0 Å². The number of methoxy groups -OCH3 is 2. The number of aliphatic hydroxyl groups excluding tert-OH is 1. The fraction of sp³-hybridized carbons (Fsp3) is 0.310. The van der Waals surface area contributed by atoms with Crippen LogP contribution >= 0.6 is 0 Å². The molecule has 3 aromatic carbocycles. The molecule has 190 valence electrons. The molecule has 3 N–H and O–H groups in total. The molecule has 7 nitrogen and oxygen atoms in total. The summed E-state index contributed by atoms with van der Waals surface area (Å²) >= 11 is 0. The molecular weight excluding hydrogens is 456 g/mol. The Morgan fingerprint density at radius 2 is 1.56 bits per heavy atom. The zero-order valence-electron chi connectivity index (χ0n) is 20.8. The van der Waals surface area contributed by atoms with Gasteiger partial charge in [-0.15, -0.1) is 0 Å². The highest BCUT2D eigenvalue weighted by atomic mass is 16.5. The third kappa shape index (κ3) is 8.13. The van der Waals surface area contributed by atoms with E-state index in [4.69, 9.17) is 9.47 Å². The second kappa shape index (κ2) is 13.9. The number of aliphatic hydroxyl groups is 1. The molecule has 2 atom stereocenters. The minimum absolute atomic E-state index is 0.229. The number of benzene rings is 3. The van der Waals surface area contributed by atoms with Gasteiger partial charge in [0.15, 0.2) is 6.10 Å². The molecule has 0 aliphatic heterocycles. The Kier molecular flexibility index (Phi) is 10.3. The van der Waals surface area contributed by atoms with Crippen LogP contribution in [0.4, 0.5) is 0 Å². The van der Waals surface area contributed by atoms with Gasteiger partial charge in [0.2, 0.25) is 5.91 Å². The van der Waals surface area contributed by atoms with Crippen LogP contribution in [0.3, 0.4) is 0 Å². The van der Waals surface area contributed by atoms with Crippen molar-refractivity contribution in [3.63, 3.8) is 0 Å². The largest absolute Gasteiger partial charge is 0.497 e. The van der Waals surface area contributed by atoms with E-state index in [0.29, 0.717) is 25.8 Å². The van der Waals surface area contributed by atoms with Crippen molar-refractivity contribution in [3.8, 4) is 11.5 Å². The van der Waals surface area contributed by atoms with Crippen LogP contribution in [-0.4, -0.2) is 43.3 Å². The summed E-state index contributed by atoms with van der Waals surface area (Å²) in [6.07, 6.45) is 0.373. The molecule has 3 rings (SSSR count). The molecular formula is C29H34N2O5. The number of amides is 2. The Labute approximate surface area is 212 Å². The lowest BCUT2D eigenvalue weighted by Crippen LogP contribution is -2.51. The molecule has 0 unspecified atom stereocenters. The standard InChI is InChI=1S/C29H34N2O5/c1-35-24-16-17-26(36-2)23(19-24)14-9-15-27(32)31-25(18-21-10-5-3-6-11-21)28(33)29(34)30-20-22-12-7-4-8-13-22/h3-8,10-13,16-17,19,25,28,33H,9,14-15,18,20H2,1-2H3,(H,30,34)(H,31,32)/t25-,28+/m0/s1. The zero-order valence-corrected chi connectivity index (χ0v) is 20.8. The van der Waals surface area contributed by atoms with Crippen molar-refractivity contribution >= 4 is 11.8 Å². The summed E-state index contributed by atoms with van der Waals surface area (Å²) in [4.78, 5) is 25.5. The van der Waals surface area contributed by atoms with E-state index < -0.39 is 18.1 Å². The molecule has 2 amide bonds. The molecule has 0 saturated carbocycles. The molecule has 0 spiro atoms. The van der Waals surface area contributed by atoms with E-state index in [1.54, 1.807) is 14.2 Å². The highest BCUT2D eigenvalue weighted by Crippen LogP contribution is 2.25. The number of hydrogen-bond acceptors (Lipinski definition) is 5. The van der Waals surface area contributed by atoms with E-state index in [0.717, 1.165) is 28.2 Å². The van der Waals surface area contributed by atoms with Crippen molar-refractivity contribution in [1.82, 2.24) is 10.6 Å². The number of rotatable bonds is 13. The van der Waals surface area contributed by atoms with Gasteiger partial charge in [-0.3, -0.25) is 9.59 Å². The Morgan fingerprint density at radius 1 is 0.889 bits per heavy atom. The Balaban J connectivity index is 1.60. The average Bonchev–Trinajstić information content (AvgIpc) is 2.92. The minimum atomic E-state index is -1.39. The number of carbonyl (C=O) groups is 2. The molecule has 0 saturated heterocycles. The van der Waals surface area contributed by atoms with Crippen molar-refractivity contribution in [2.75, 3.05) is 14.2 Å². The maximum absolute atomic E-state index is 12.8. The van der Waals surface area contributed by atoms with Gasteiger partial charge in [-0.25, -0.2) is 0 Å². The Bertz CT molecular complexity index is 1110. The van der Waals surface area contributed by atoms with Gasteiger partial charge in [-0.2, -0.15) is 0 Å². The minimum Gasteiger partial charge on any atom is -0.497 e. The van der Waals surface area contributed by atoms with Crippen LogP contribution in [0.1, 0.15) is 29.5 Å².